The molecule has 0 aliphatic rings. The van der Waals surface area contributed by atoms with E-state index >= 15 is 0 Å². The number of hydrogen-bond acceptors (Lipinski definition) is 7. The molecule has 0 aliphatic carbocycles. The van der Waals surface area contributed by atoms with Gasteiger partial charge >= 0.3 is 5.97 Å². The smallest absolute Gasteiger partial charge is 0.342 e. The molecular formula is C18H21NO7. The summed E-state index contributed by atoms with van der Waals surface area (Å²) in [5.41, 5.74) is 0.122. The summed E-state index contributed by atoms with van der Waals surface area (Å²) in [6, 6.07) is 6.07. The van der Waals surface area contributed by atoms with Crippen molar-refractivity contribution in [2.75, 3.05) is 27.9 Å². The minimum Gasteiger partial charge on any atom is -0.496 e. The second kappa shape index (κ2) is 8.80. The third kappa shape index (κ3) is 4.47. The van der Waals surface area contributed by atoms with Crippen molar-refractivity contribution in [1.82, 2.24) is 5.32 Å². The van der Waals surface area contributed by atoms with Crippen LogP contribution in [0.25, 0.3) is 0 Å². The highest BCUT2D eigenvalue weighted by atomic mass is 16.5. The second-order valence-electron chi connectivity index (χ2n) is 5.29. The topological polar surface area (TPSA) is 96.2 Å². The highest BCUT2D eigenvalue weighted by Gasteiger charge is 2.20. The SMILES string of the molecule is COc1cc(OC)c(C(=O)OCC(=O)N[C@H](C)c2ccco2)cc1OC. The lowest BCUT2D eigenvalue weighted by Crippen LogP contribution is -2.31. The zero-order valence-corrected chi connectivity index (χ0v) is 15.0. The summed E-state index contributed by atoms with van der Waals surface area (Å²) in [4.78, 5) is 24.3. The highest BCUT2D eigenvalue weighted by molar-refractivity contribution is 5.95. The number of methoxy groups -OCH3 is 3. The van der Waals surface area contributed by atoms with Crippen molar-refractivity contribution in [1.29, 1.82) is 0 Å². The first-order valence-electron chi connectivity index (χ1n) is 7.80. The Hall–Kier alpha value is -3.16. The van der Waals surface area contributed by atoms with Gasteiger partial charge in [0, 0.05) is 12.1 Å². The highest BCUT2D eigenvalue weighted by Crippen LogP contribution is 2.34. The van der Waals surface area contributed by atoms with Gasteiger partial charge in [0.15, 0.2) is 18.1 Å². The van der Waals surface area contributed by atoms with Gasteiger partial charge in [0.1, 0.15) is 17.1 Å². The number of carbonyl (C=O) groups is 2. The van der Waals surface area contributed by atoms with Gasteiger partial charge in [-0.15, -0.1) is 0 Å². The average Bonchev–Trinajstić information content (AvgIpc) is 3.19. The van der Waals surface area contributed by atoms with Crippen LogP contribution >= 0.6 is 0 Å². The van der Waals surface area contributed by atoms with Crippen LogP contribution in [0.3, 0.4) is 0 Å². The van der Waals surface area contributed by atoms with Gasteiger partial charge in [-0.1, -0.05) is 0 Å². The molecule has 0 spiro atoms. The maximum atomic E-state index is 12.3. The quantitative estimate of drug-likeness (QED) is 0.719. The van der Waals surface area contributed by atoms with Crippen molar-refractivity contribution in [2.24, 2.45) is 0 Å². The lowest BCUT2D eigenvalue weighted by atomic mass is 10.1. The largest absolute Gasteiger partial charge is 0.496 e. The van der Waals surface area contributed by atoms with Gasteiger partial charge in [-0.05, 0) is 19.1 Å². The number of nitrogens with one attached hydrogen (secondary N) is 1. The van der Waals surface area contributed by atoms with E-state index < -0.39 is 18.5 Å². The van der Waals surface area contributed by atoms with Gasteiger partial charge in [0.25, 0.3) is 5.91 Å². The summed E-state index contributed by atoms with van der Waals surface area (Å²) in [5, 5.41) is 2.67. The van der Waals surface area contributed by atoms with E-state index in [-0.39, 0.29) is 17.4 Å². The van der Waals surface area contributed by atoms with Crippen molar-refractivity contribution in [2.45, 2.75) is 13.0 Å². The molecule has 0 fully saturated rings. The van der Waals surface area contributed by atoms with Gasteiger partial charge in [0.05, 0.1) is 33.6 Å². The molecule has 0 saturated heterocycles. The van der Waals surface area contributed by atoms with Crippen LogP contribution in [0.1, 0.15) is 29.1 Å². The molecule has 1 heterocycles. The molecule has 8 heteroatoms. The second-order valence-corrected chi connectivity index (χ2v) is 5.29. The standard InChI is InChI=1S/C18H21NO7/c1-11(13-6-5-7-25-13)19-17(20)10-26-18(21)12-8-15(23-3)16(24-4)9-14(12)22-2/h5-9,11H,10H2,1-4H3,(H,19,20)/t11-/m1/s1. The van der Waals surface area contributed by atoms with E-state index in [0.29, 0.717) is 17.3 Å². The number of rotatable bonds is 8. The van der Waals surface area contributed by atoms with Crippen molar-refractivity contribution >= 4 is 11.9 Å². The van der Waals surface area contributed by atoms with E-state index in [4.69, 9.17) is 23.4 Å². The van der Waals surface area contributed by atoms with Crippen LogP contribution in [0.4, 0.5) is 0 Å². The van der Waals surface area contributed by atoms with E-state index in [9.17, 15) is 9.59 Å². The van der Waals surface area contributed by atoms with E-state index in [2.05, 4.69) is 5.32 Å². The number of carbonyl (C=O) groups excluding carboxylic acids is 2. The minimum absolute atomic E-state index is 0.122. The Morgan fingerprint density at radius 1 is 1.08 bits per heavy atom. The predicted molar refractivity (Wildman–Crippen MR) is 91.6 cm³/mol. The number of ether oxygens (including phenoxy) is 4. The molecule has 0 radical (unpaired) electrons. The van der Waals surface area contributed by atoms with Crippen LogP contribution in [0, 0.1) is 0 Å². The molecular weight excluding hydrogens is 342 g/mol. The fourth-order valence-electron chi connectivity index (χ4n) is 2.29. The Labute approximate surface area is 151 Å². The molecule has 0 bridgehead atoms. The van der Waals surface area contributed by atoms with Gasteiger partial charge in [-0.3, -0.25) is 4.79 Å². The molecule has 1 aromatic heterocycles. The Kier molecular flexibility index (Phi) is 6.48. The number of esters is 1. The predicted octanol–water partition coefficient (Wildman–Crippen LogP) is 2.34. The Morgan fingerprint density at radius 2 is 1.73 bits per heavy atom. The summed E-state index contributed by atoms with van der Waals surface area (Å²) >= 11 is 0. The van der Waals surface area contributed by atoms with Crippen molar-refractivity contribution < 1.29 is 33.0 Å². The normalized spacial score (nSPS) is 11.4. The third-order valence-electron chi connectivity index (χ3n) is 3.61. The molecule has 2 aromatic rings. The summed E-state index contributed by atoms with van der Waals surface area (Å²) in [6.07, 6.45) is 1.52. The zero-order chi connectivity index (χ0) is 19.1. The molecule has 2 rings (SSSR count). The lowest BCUT2D eigenvalue weighted by molar-refractivity contribution is -0.125. The molecule has 8 nitrogen and oxygen atoms in total. The molecule has 1 N–H and O–H groups in total. The molecule has 0 saturated carbocycles. The monoisotopic (exact) mass is 363 g/mol. The number of furan rings is 1. The molecule has 1 amide bonds. The Balaban J connectivity index is 2.02. The van der Waals surface area contributed by atoms with Crippen LogP contribution in [0.15, 0.2) is 34.9 Å². The molecule has 0 unspecified atom stereocenters. The van der Waals surface area contributed by atoms with Gasteiger partial charge in [-0.25, -0.2) is 4.79 Å². The van der Waals surface area contributed by atoms with Crippen LogP contribution in [-0.2, 0) is 9.53 Å². The first-order chi connectivity index (χ1) is 12.5. The lowest BCUT2D eigenvalue weighted by Gasteiger charge is -2.14. The number of benzene rings is 1. The molecule has 26 heavy (non-hydrogen) atoms. The fraction of sp³-hybridized carbons (Fsp3) is 0.333. The molecule has 0 aliphatic heterocycles. The first kappa shape index (κ1) is 19.2. The van der Waals surface area contributed by atoms with E-state index in [0.717, 1.165) is 0 Å². The average molecular weight is 363 g/mol. The third-order valence-corrected chi connectivity index (χ3v) is 3.61. The van der Waals surface area contributed by atoms with Crippen molar-refractivity contribution in [3.8, 4) is 17.2 Å². The fourth-order valence-corrected chi connectivity index (χ4v) is 2.29. The maximum absolute atomic E-state index is 12.3. The van der Waals surface area contributed by atoms with Crippen LogP contribution in [0.5, 0.6) is 17.2 Å². The first-order valence-corrected chi connectivity index (χ1v) is 7.80. The maximum Gasteiger partial charge on any atom is 0.342 e. The van der Waals surface area contributed by atoms with Crippen LogP contribution in [0.2, 0.25) is 0 Å². The van der Waals surface area contributed by atoms with Crippen molar-refractivity contribution in [3.63, 3.8) is 0 Å². The van der Waals surface area contributed by atoms with Crippen molar-refractivity contribution in [3.05, 3.63) is 41.9 Å². The minimum atomic E-state index is -0.719. The van der Waals surface area contributed by atoms with E-state index in [1.54, 1.807) is 19.1 Å². The Bertz CT molecular complexity index is 755. The number of hydrogen-bond donors (Lipinski definition) is 1. The molecule has 140 valence electrons. The summed E-state index contributed by atoms with van der Waals surface area (Å²) in [6.45, 7) is 1.32. The summed E-state index contributed by atoms with van der Waals surface area (Å²) in [5.74, 6) is 0.426. The van der Waals surface area contributed by atoms with Crippen LogP contribution < -0.4 is 19.5 Å². The summed E-state index contributed by atoms with van der Waals surface area (Å²) < 4.78 is 25.8. The number of amides is 1. The zero-order valence-electron chi connectivity index (χ0n) is 15.0. The van der Waals surface area contributed by atoms with Gasteiger partial charge in [0.2, 0.25) is 0 Å². The molecule has 1 aromatic carbocycles. The summed E-state index contributed by atoms with van der Waals surface area (Å²) in [7, 11) is 4.33. The van der Waals surface area contributed by atoms with E-state index in [1.165, 1.54) is 39.7 Å². The van der Waals surface area contributed by atoms with E-state index in [1.807, 2.05) is 0 Å². The van der Waals surface area contributed by atoms with Crippen LogP contribution in [-0.4, -0.2) is 39.8 Å². The molecule has 1 atom stereocenters. The Morgan fingerprint density at radius 3 is 2.31 bits per heavy atom. The van der Waals surface area contributed by atoms with Gasteiger partial charge in [-0.2, -0.15) is 0 Å². The van der Waals surface area contributed by atoms with Gasteiger partial charge < -0.3 is 28.7 Å².